The predicted octanol–water partition coefficient (Wildman–Crippen LogP) is 3.79. The van der Waals surface area contributed by atoms with Gasteiger partial charge in [0.2, 0.25) is 0 Å². The van der Waals surface area contributed by atoms with Crippen molar-refractivity contribution in [1.29, 1.82) is 0 Å². The number of amides is 1. The highest BCUT2D eigenvalue weighted by atomic mass is 32.2. The van der Waals surface area contributed by atoms with E-state index in [1.165, 1.54) is 18.9 Å². The van der Waals surface area contributed by atoms with Crippen LogP contribution >= 0.6 is 11.8 Å². The monoisotopic (exact) mass is 391 g/mol. The topological polar surface area (TPSA) is 79.8 Å². The minimum Gasteiger partial charge on any atom is -0.465 e. The number of ether oxygens (including phenoxy) is 1. The zero-order valence-corrected chi connectivity index (χ0v) is 16.1. The third kappa shape index (κ3) is 3.32. The van der Waals surface area contributed by atoms with E-state index < -0.39 is 0 Å². The van der Waals surface area contributed by atoms with Gasteiger partial charge in [-0.2, -0.15) is 5.10 Å². The summed E-state index contributed by atoms with van der Waals surface area (Å²) in [5, 5.41) is 7.34. The summed E-state index contributed by atoms with van der Waals surface area (Å²) in [6.45, 7) is 1.79. The van der Waals surface area contributed by atoms with E-state index in [1.54, 1.807) is 19.1 Å². The number of allylic oxidation sites excluding steroid dienone is 1. The Kier molecular flexibility index (Phi) is 4.75. The molecular formula is C21H17N3O3S. The number of carbonyl (C=O) groups is 2. The molecule has 7 heteroatoms. The summed E-state index contributed by atoms with van der Waals surface area (Å²) in [6.07, 6.45) is 1.94. The first-order valence-corrected chi connectivity index (χ1v) is 9.42. The Labute approximate surface area is 166 Å². The highest BCUT2D eigenvalue weighted by Crippen LogP contribution is 2.42. The fourth-order valence-corrected chi connectivity index (χ4v) is 4.13. The molecule has 2 aromatic rings. The van der Waals surface area contributed by atoms with Crippen molar-refractivity contribution in [2.45, 2.75) is 11.8 Å². The number of hydrogen-bond donors (Lipinski definition) is 2. The highest BCUT2D eigenvalue weighted by molar-refractivity contribution is 8.08. The maximum atomic E-state index is 12.2. The zero-order chi connectivity index (χ0) is 19.7. The summed E-state index contributed by atoms with van der Waals surface area (Å²) in [5.74, 6) is -0.605. The minimum absolute atomic E-state index is 0.229. The third-order valence-electron chi connectivity index (χ3n) is 4.40. The summed E-state index contributed by atoms with van der Waals surface area (Å²) < 4.78 is 4.81. The summed E-state index contributed by atoms with van der Waals surface area (Å²) in [6, 6.07) is 15.2. The number of thioether (sulfide) groups is 1. The molecule has 0 unspecified atom stereocenters. The van der Waals surface area contributed by atoms with Gasteiger partial charge in [0.25, 0.3) is 5.91 Å². The second kappa shape index (κ2) is 7.36. The van der Waals surface area contributed by atoms with Crippen molar-refractivity contribution in [3.05, 3.63) is 77.0 Å². The van der Waals surface area contributed by atoms with Crippen LogP contribution in [-0.4, -0.2) is 24.7 Å². The van der Waals surface area contributed by atoms with E-state index in [1.807, 2.05) is 42.5 Å². The summed E-state index contributed by atoms with van der Waals surface area (Å²) in [4.78, 5) is 25.9. The third-order valence-corrected chi connectivity index (χ3v) is 5.45. The van der Waals surface area contributed by atoms with Crippen LogP contribution in [0.4, 0.5) is 5.69 Å². The second-order valence-electron chi connectivity index (χ2n) is 6.23. The number of para-hydroxylation sites is 1. The van der Waals surface area contributed by atoms with E-state index in [0.717, 1.165) is 21.1 Å². The molecule has 0 atom stereocenters. The molecule has 1 amide bonds. The van der Waals surface area contributed by atoms with Crippen LogP contribution in [0.5, 0.6) is 0 Å². The van der Waals surface area contributed by atoms with Gasteiger partial charge in [0.15, 0.2) is 0 Å². The Bertz CT molecular complexity index is 1090. The summed E-state index contributed by atoms with van der Waals surface area (Å²) >= 11 is 1.52. The molecule has 2 heterocycles. The van der Waals surface area contributed by atoms with Gasteiger partial charge in [0.1, 0.15) is 0 Å². The Balaban J connectivity index is 1.77. The van der Waals surface area contributed by atoms with Gasteiger partial charge in [0, 0.05) is 21.1 Å². The number of nitrogens with zero attached hydrogens (tertiary/aromatic N) is 1. The molecule has 0 radical (unpaired) electrons. The van der Waals surface area contributed by atoms with Gasteiger partial charge in [-0.1, -0.05) is 36.0 Å². The van der Waals surface area contributed by atoms with Crippen LogP contribution in [0.3, 0.4) is 0 Å². The first kappa shape index (κ1) is 18.1. The Morgan fingerprint density at radius 2 is 1.96 bits per heavy atom. The van der Waals surface area contributed by atoms with Crippen molar-refractivity contribution in [2.75, 3.05) is 12.4 Å². The van der Waals surface area contributed by atoms with E-state index in [0.29, 0.717) is 22.5 Å². The zero-order valence-electron chi connectivity index (χ0n) is 15.3. The molecule has 2 aromatic carbocycles. The van der Waals surface area contributed by atoms with Crippen molar-refractivity contribution in [3.63, 3.8) is 0 Å². The number of fused-ring (bicyclic) bond motifs is 1. The maximum Gasteiger partial charge on any atom is 0.337 e. The number of hydrazone groups is 1. The molecule has 140 valence electrons. The van der Waals surface area contributed by atoms with E-state index >= 15 is 0 Å². The van der Waals surface area contributed by atoms with Crippen molar-refractivity contribution in [2.24, 2.45) is 5.10 Å². The van der Waals surface area contributed by atoms with Crippen LogP contribution in [0.1, 0.15) is 22.8 Å². The van der Waals surface area contributed by atoms with Gasteiger partial charge in [-0.05, 0) is 37.3 Å². The average molecular weight is 391 g/mol. The Morgan fingerprint density at radius 3 is 2.71 bits per heavy atom. The van der Waals surface area contributed by atoms with E-state index in [2.05, 4.69) is 15.8 Å². The lowest BCUT2D eigenvalue weighted by atomic mass is 10.0. The molecule has 0 fully saturated rings. The van der Waals surface area contributed by atoms with Crippen molar-refractivity contribution in [3.8, 4) is 0 Å². The normalized spacial score (nSPS) is 17.9. The second-order valence-corrected chi connectivity index (χ2v) is 7.34. The average Bonchev–Trinajstić information content (AvgIpc) is 3.05. The highest BCUT2D eigenvalue weighted by Gasteiger charge is 2.26. The molecule has 6 nitrogen and oxygen atoms in total. The van der Waals surface area contributed by atoms with Gasteiger partial charge in [-0.25, -0.2) is 10.2 Å². The fraction of sp³-hybridized carbons (Fsp3) is 0.0952. The molecular weight excluding hydrogens is 374 g/mol. The summed E-state index contributed by atoms with van der Waals surface area (Å²) in [5.41, 5.74) is 6.78. The quantitative estimate of drug-likeness (QED) is 0.615. The fourth-order valence-electron chi connectivity index (χ4n) is 3.08. The molecule has 0 saturated carbocycles. The number of methoxy groups -OCH3 is 1. The molecule has 4 rings (SSSR count). The van der Waals surface area contributed by atoms with Gasteiger partial charge in [-0.15, -0.1) is 0 Å². The van der Waals surface area contributed by atoms with Gasteiger partial charge >= 0.3 is 5.97 Å². The molecule has 2 aliphatic heterocycles. The van der Waals surface area contributed by atoms with Crippen molar-refractivity contribution in [1.82, 2.24) is 5.43 Å². The number of carbonyl (C=O) groups excluding carboxylic acids is 2. The first-order chi connectivity index (χ1) is 13.6. The van der Waals surface area contributed by atoms with Gasteiger partial charge in [0.05, 0.1) is 29.7 Å². The Morgan fingerprint density at radius 1 is 1.14 bits per heavy atom. The number of rotatable bonds is 3. The van der Waals surface area contributed by atoms with Crippen LogP contribution in [0, 0.1) is 0 Å². The van der Waals surface area contributed by atoms with E-state index in [4.69, 9.17) is 4.74 Å². The number of nitrogens with one attached hydrogen (secondary N) is 2. The van der Waals surface area contributed by atoms with Crippen LogP contribution in [0.25, 0.3) is 4.91 Å². The van der Waals surface area contributed by atoms with Crippen LogP contribution in [-0.2, 0) is 9.53 Å². The van der Waals surface area contributed by atoms with Crippen LogP contribution in [0.15, 0.2) is 75.9 Å². The number of hydrogen-bond acceptors (Lipinski definition) is 6. The standard InChI is InChI=1S/C21H17N3O3S/c1-12-19(20(25)24-23-12)17-11-18(15-8-3-4-9-16(15)22-17)28-14-7-5-6-13(10-14)21(26)27-2/h3-11,22H,1-2H3,(H,24,25). The Hall–Kier alpha value is -3.32. The largest absolute Gasteiger partial charge is 0.465 e. The lowest BCUT2D eigenvalue weighted by Gasteiger charge is -2.22. The molecule has 28 heavy (non-hydrogen) atoms. The van der Waals surface area contributed by atoms with Crippen LogP contribution < -0.4 is 10.7 Å². The van der Waals surface area contributed by atoms with Gasteiger partial charge in [-0.3, -0.25) is 4.79 Å². The predicted molar refractivity (Wildman–Crippen MR) is 110 cm³/mol. The van der Waals surface area contributed by atoms with Crippen LogP contribution in [0.2, 0.25) is 0 Å². The molecule has 2 aliphatic rings. The van der Waals surface area contributed by atoms with E-state index in [-0.39, 0.29) is 11.9 Å². The number of benzene rings is 2. The SMILES string of the molecule is COC(=O)c1cccc(SC2=CC(=C3C(=O)NN=C3C)Nc3ccccc32)c1. The summed E-state index contributed by atoms with van der Waals surface area (Å²) in [7, 11) is 1.36. The molecule has 0 aromatic heterocycles. The molecule has 0 spiro atoms. The van der Waals surface area contributed by atoms with E-state index in [9.17, 15) is 9.59 Å². The molecule has 2 N–H and O–H groups in total. The minimum atomic E-state index is -0.376. The maximum absolute atomic E-state index is 12.2. The van der Waals surface area contributed by atoms with Crippen molar-refractivity contribution < 1.29 is 14.3 Å². The first-order valence-electron chi connectivity index (χ1n) is 8.60. The molecule has 0 bridgehead atoms. The lowest BCUT2D eigenvalue weighted by Crippen LogP contribution is -2.18. The lowest BCUT2D eigenvalue weighted by molar-refractivity contribution is -0.116. The number of esters is 1. The smallest absolute Gasteiger partial charge is 0.337 e. The van der Waals surface area contributed by atoms with Crippen molar-refractivity contribution >= 4 is 39.9 Å². The molecule has 0 saturated heterocycles. The van der Waals surface area contributed by atoms with Gasteiger partial charge < -0.3 is 10.1 Å². The molecule has 0 aliphatic carbocycles. The number of anilines is 1.